The summed E-state index contributed by atoms with van der Waals surface area (Å²) in [6, 6.07) is 0. The normalized spacial score (nSPS) is 40.3. The second-order valence-electron chi connectivity index (χ2n) is 4.71. The third-order valence-electron chi connectivity index (χ3n) is 3.35. The van der Waals surface area contributed by atoms with E-state index >= 15 is 0 Å². The van der Waals surface area contributed by atoms with Crippen LogP contribution >= 0.6 is 0 Å². The van der Waals surface area contributed by atoms with Crippen molar-refractivity contribution in [1.82, 2.24) is 0 Å². The van der Waals surface area contributed by atoms with Gasteiger partial charge in [-0.1, -0.05) is 20.8 Å². The number of methoxy groups -OCH3 is 3. The molecule has 0 N–H and O–H groups in total. The number of hydrogen-bond acceptors (Lipinski definition) is 4. The maximum Gasteiger partial charge on any atom is 0.186 e. The van der Waals surface area contributed by atoms with Gasteiger partial charge in [0.05, 0.1) is 12.2 Å². The van der Waals surface area contributed by atoms with Gasteiger partial charge < -0.3 is 18.9 Å². The molecule has 0 amide bonds. The number of hydrogen-bond donors (Lipinski definition) is 0. The van der Waals surface area contributed by atoms with E-state index in [1.54, 1.807) is 21.3 Å². The molecule has 1 rings (SSSR count). The molecule has 0 aromatic carbocycles. The van der Waals surface area contributed by atoms with Crippen LogP contribution in [0.5, 0.6) is 0 Å². The molecule has 0 saturated carbocycles. The summed E-state index contributed by atoms with van der Waals surface area (Å²) >= 11 is 0. The Morgan fingerprint density at radius 2 is 1.50 bits per heavy atom. The number of rotatable bonds is 4. The van der Waals surface area contributed by atoms with Crippen molar-refractivity contribution in [2.24, 2.45) is 11.8 Å². The van der Waals surface area contributed by atoms with Gasteiger partial charge in [-0.2, -0.15) is 0 Å². The fourth-order valence-electron chi connectivity index (χ4n) is 2.55. The van der Waals surface area contributed by atoms with Crippen molar-refractivity contribution in [1.29, 1.82) is 0 Å². The molecule has 96 valence electrons. The van der Waals surface area contributed by atoms with Gasteiger partial charge in [-0.15, -0.1) is 0 Å². The summed E-state index contributed by atoms with van der Waals surface area (Å²) in [6.07, 6.45) is -0.365. The van der Waals surface area contributed by atoms with Gasteiger partial charge >= 0.3 is 0 Å². The minimum absolute atomic E-state index is 0.0103. The fourth-order valence-corrected chi connectivity index (χ4v) is 2.55. The summed E-state index contributed by atoms with van der Waals surface area (Å²) in [7, 11) is 5.01. The van der Waals surface area contributed by atoms with Crippen molar-refractivity contribution in [3.8, 4) is 0 Å². The Labute approximate surface area is 98.2 Å². The molecule has 1 fully saturated rings. The summed E-state index contributed by atoms with van der Waals surface area (Å²) in [4.78, 5) is 0. The monoisotopic (exact) mass is 232 g/mol. The summed E-state index contributed by atoms with van der Waals surface area (Å²) < 4.78 is 22.2. The molecule has 0 aliphatic carbocycles. The first-order chi connectivity index (χ1) is 7.56. The highest BCUT2D eigenvalue weighted by Gasteiger charge is 2.45. The summed E-state index contributed by atoms with van der Waals surface area (Å²) in [5.41, 5.74) is 0. The van der Waals surface area contributed by atoms with Gasteiger partial charge in [0, 0.05) is 27.2 Å². The zero-order chi connectivity index (χ0) is 12.3. The minimum atomic E-state index is -0.349. The first kappa shape index (κ1) is 13.9. The maximum atomic E-state index is 5.92. The van der Waals surface area contributed by atoms with Crippen LogP contribution in [0.2, 0.25) is 0 Å². The molecule has 1 saturated heterocycles. The fraction of sp³-hybridized carbons (Fsp3) is 1.00. The van der Waals surface area contributed by atoms with Crippen LogP contribution in [0, 0.1) is 11.8 Å². The van der Waals surface area contributed by atoms with Gasteiger partial charge in [-0.05, 0) is 5.92 Å². The molecule has 16 heavy (non-hydrogen) atoms. The molecule has 1 heterocycles. The van der Waals surface area contributed by atoms with E-state index in [0.29, 0.717) is 11.8 Å². The average molecular weight is 232 g/mol. The van der Waals surface area contributed by atoms with Crippen LogP contribution in [0.4, 0.5) is 0 Å². The van der Waals surface area contributed by atoms with E-state index in [9.17, 15) is 0 Å². The highest BCUT2D eigenvalue weighted by atomic mass is 16.7. The Hall–Kier alpha value is -0.160. The van der Waals surface area contributed by atoms with Crippen molar-refractivity contribution in [3.05, 3.63) is 0 Å². The Bertz CT molecular complexity index is 207. The van der Waals surface area contributed by atoms with Crippen LogP contribution in [0.15, 0.2) is 0 Å². The highest BCUT2D eigenvalue weighted by Crippen LogP contribution is 2.33. The molecule has 1 aliphatic rings. The lowest BCUT2D eigenvalue weighted by Gasteiger charge is -2.45. The molecule has 0 spiro atoms. The van der Waals surface area contributed by atoms with E-state index in [2.05, 4.69) is 20.8 Å². The Morgan fingerprint density at radius 1 is 0.938 bits per heavy atom. The van der Waals surface area contributed by atoms with E-state index in [1.807, 2.05) is 0 Å². The Kier molecular flexibility index (Phi) is 5.18. The van der Waals surface area contributed by atoms with Gasteiger partial charge in [-0.25, -0.2) is 0 Å². The first-order valence-electron chi connectivity index (χ1n) is 5.80. The molecule has 0 aromatic heterocycles. The van der Waals surface area contributed by atoms with Crippen LogP contribution < -0.4 is 0 Å². The largest absolute Gasteiger partial charge is 0.378 e. The third-order valence-corrected chi connectivity index (χ3v) is 3.35. The quantitative estimate of drug-likeness (QED) is 0.739. The third kappa shape index (κ3) is 2.56. The molecule has 0 aromatic rings. The molecule has 4 heteroatoms. The molecular formula is C12H24O4. The van der Waals surface area contributed by atoms with Crippen molar-refractivity contribution in [3.63, 3.8) is 0 Å². The lowest BCUT2D eigenvalue weighted by atomic mass is 9.85. The first-order valence-corrected chi connectivity index (χ1v) is 5.80. The van der Waals surface area contributed by atoms with E-state index in [4.69, 9.17) is 18.9 Å². The Balaban J connectivity index is 2.85. The maximum absolute atomic E-state index is 5.92. The molecule has 0 radical (unpaired) electrons. The second kappa shape index (κ2) is 5.96. The van der Waals surface area contributed by atoms with Crippen LogP contribution in [0.1, 0.15) is 20.8 Å². The number of ether oxygens (including phenoxy) is 4. The highest BCUT2D eigenvalue weighted by molar-refractivity contribution is 4.89. The Morgan fingerprint density at radius 3 is 1.88 bits per heavy atom. The van der Waals surface area contributed by atoms with Crippen molar-refractivity contribution in [2.75, 3.05) is 21.3 Å². The lowest BCUT2D eigenvalue weighted by molar-refractivity contribution is -0.292. The van der Waals surface area contributed by atoms with Crippen LogP contribution in [-0.2, 0) is 18.9 Å². The van der Waals surface area contributed by atoms with Gasteiger partial charge in [0.25, 0.3) is 0 Å². The van der Waals surface area contributed by atoms with E-state index in [1.165, 1.54) is 0 Å². The molecule has 5 atom stereocenters. The molecule has 4 nitrogen and oxygen atoms in total. The SMILES string of the molecule is CO[C@@H]1O[C@@H](C(C)C)[C@H](C)[C@@H](OC)[C@H]1OC. The van der Waals surface area contributed by atoms with Crippen molar-refractivity contribution < 1.29 is 18.9 Å². The van der Waals surface area contributed by atoms with E-state index < -0.39 is 0 Å². The molecule has 0 bridgehead atoms. The van der Waals surface area contributed by atoms with Gasteiger partial charge in [-0.3, -0.25) is 0 Å². The molecular weight excluding hydrogens is 208 g/mol. The molecule has 0 unspecified atom stereocenters. The van der Waals surface area contributed by atoms with Gasteiger partial charge in [0.1, 0.15) is 6.10 Å². The smallest absolute Gasteiger partial charge is 0.186 e. The molecule has 1 aliphatic heterocycles. The predicted octanol–water partition coefficient (Wildman–Crippen LogP) is 1.68. The lowest BCUT2D eigenvalue weighted by Crippen LogP contribution is -2.56. The van der Waals surface area contributed by atoms with Crippen molar-refractivity contribution >= 4 is 0 Å². The van der Waals surface area contributed by atoms with Crippen molar-refractivity contribution in [2.45, 2.75) is 45.4 Å². The van der Waals surface area contributed by atoms with Gasteiger partial charge in [0.15, 0.2) is 6.29 Å². The zero-order valence-electron chi connectivity index (χ0n) is 11.1. The summed E-state index contributed by atoms with van der Waals surface area (Å²) in [5, 5.41) is 0. The van der Waals surface area contributed by atoms with E-state index in [0.717, 1.165) is 0 Å². The topological polar surface area (TPSA) is 36.9 Å². The average Bonchev–Trinajstić information content (AvgIpc) is 2.27. The predicted molar refractivity (Wildman–Crippen MR) is 61.3 cm³/mol. The van der Waals surface area contributed by atoms with Crippen LogP contribution in [0.3, 0.4) is 0 Å². The summed E-state index contributed by atoms with van der Waals surface area (Å²) in [5.74, 6) is 0.726. The van der Waals surface area contributed by atoms with Crippen LogP contribution in [0.25, 0.3) is 0 Å². The summed E-state index contributed by atoms with van der Waals surface area (Å²) in [6.45, 7) is 6.43. The standard InChI is InChI=1S/C12H24O4/c1-7(2)9-8(3)10(13-4)11(14-5)12(15-6)16-9/h7-12H,1-6H3/t8-,9-,10+,11+,12+/m0/s1. The van der Waals surface area contributed by atoms with Gasteiger partial charge in [0.2, 0.25) is 0 Å². The zero-order valence-corrected chi connectivity index (χ0v) is 11.1. The van der Waals surface area contributed by atoms with E-state index in [-0.39, 0.29) is 24.6 Å². The second-order valence-corrected chi connectivity index (χ2v) is 4.71. The van der Waals surface area contributed by atoms with Crippen LogP contribution in [-0.4, -0.2) is 45.9 Å². The minimum Gasteiger partial charge on any atom is -0.378 e.